The monoisotopic (exact) mass is 373 g/mol. The Morgan fingerprint density at radius 2 is 2.05 bits per heavy atom. The number of benzene rings is 1. The van der Waals surface area contributed by atoms with Gasteiger partial charge in [-0.3, -0.25) is 5.32 Å². The number of halogens is 1. The van der Waals surface area contributed by atoms with Crippen LogP contribution < -0.4 is 5.32 Å². The molecule has 1 N–H and O–H groups in total. The van der Waals surface area contributed by atoms with Crippen LogP contribution in [0.4, 0.5) is 10.5 Å². The first kappa shape index (κ1) is 14.6. The Hall–Kier alpha value is -0.780. The molecule has 0 saturated carbocycles. The predicted octanol–water partition coefficient (Wildman–Crippen LogP) is 4.18. The minimum atomic E-state index is -0.465. The molecule has 104 valence electrons. The number of carbonyl (C=O) groups is 1. The zero-order chi connectivity index (χ0) is 14.0. The first-order valence-electron chi connectivity index (χ1n) is 6.55. The summed E-state index contributed by atoms with van der Waals surface area (Å²) in [4.78, 5) is 11.7. The van der Waals surface area contributed by atoms with Crippen LogP contribution in [-0.2, 0) is 17.6 Å². The van der Waals surface area contributed by atoms with Crippen molar-refractivity contribution < 1.29 is 9.53 Å². The molecule has 19 heavy (non-hydrogen) atoms. The number of fused-ring (bicyclic) bond motifs is 1. The van der Waals surface area contributed by atoms with Crippen molar-refractivity contribution in [3.8, 4) is 0 Å². The first-order chi connectivity index (χ1) is 8.87. The number of carbonyl (C=O) groups excluding carboxylic acids is 1. The fraction of sp³-hybridized carbons (Fsp3) is 0.533. The van der Waals surface area contributed by atoms with Gasteiger partial charge in [0.25, 0.3) is 0 Å². The maximum atomic E-state index is 11.7. The van der Waals surface area contributed by atoms with Crippen LogP contribution in [0, 0.1) is 5.92 Å². The second-order valence-corrected chi connectivity index (χ2v) is 6.92. The lowest BCUT2D eigenvalue weighted by Crippen LogP contribution is -2.27. The second kappa shape index (κ2) is 5.69. The smallest absolute Gasteiger partial charge is 0.412 e. The van der Waals surface area contributed by atoms with Crippen LogP contribution in [0.25, 0.3) is 0 Å². The zero-order valence-corrected chi connectivity index (χ0v) is 13.8. The van der Waals surface area contributed by atoms with E-state index in [1.165, 1.54) is 15.6 Å². The maximum absolute atomic E-state index is 11.7. The van der Waals surface area contributed by atoms with Gasteiger partial charge in [-0.1, -0.05) is 28.7 Å². The summed E-state index contributed by atoms with van der Waals surface area (Å²) in [6.07, 6.45) is 1.88. The van der Waals surface area contributed by atoms with Crippen molar-refractivity contribution in [1.29, 1.82) is 0 Å². The average Bonchev–Trinajstić information content (AvgIpc) is 2.68. The lowest BCUT2D eigenvalue weighted by atomic mass is 10.1. The molecular weight excluding hydrogens is 353 g/mol. The highest BCUT2D eigenvalue weighted by molar-refractivity contribution is 14.1. The van der Waals surface area contributed by atoms with Crippen LogP contribution in [0.5, 0.6) is 0 Å². The highest BCUT2D eigenvalue weighted by atomic mass is 127. The van der Waals surface area contributed by atoms with Gasteiger partial charge in [0.1, 0.15) is 5.60 Å². The van der Waals surface area contributed by atoms with E-state index in [1.807, 2.05) is 26.8 Å². The van der Waals surface area contributed by atoms with Crippen LogP contribution in [0.2, 0.25) is 0 Å². The van der Waals surface area contributed by atoms with E-state index < -0.39 is 11.7 Å². The van der Waals surface area contributed by atoms with Crippen molar-refractivity contribution in [2.24, 2.45) is 5.92 Å². The molecular formula is C15H20INO2. The number of rotatable bonds is 2. The molecule has 0 spiro atoms. The summed E-state index contributed by atoms with van der Waals surface area (Å²) in [6.45, 7) is 5.58. The van der Waals surface area contributed by atoms with Gasteiger partial charge in [-0.15, -0.1) is 0 Å². The van der Waals surface area contributed by atoms with Crippen molar-refractivity contribution in [3.63, 3.8) is 0 Å². The Morgan fingerprint density at radius 1 is 1.37 bits per heavy atom. The van der Waals surface area contributed by atoms with Crippen LogP contribution in [0.15, 0.2) is 18.2 Å². The summed E-state index contributed by atoms with van der Waals surface area (Å²) in [6, 6.07) is 6.15. The van der Waals surface area contributed by atoms with Gasteiger partial charge in [-0.2, -0.15) is 0 Å². The van der Waals surface area contributed by atoms with Crippen LogP contribution in [-0.4, -0.2) is 16.1 Å². The summed E-state index contributed by atoms with van der Waals surface area (Å²) in [5.41, 5.74) is 3.13. The molecule has 0 aliphatic heterocycles. The SMILES string of the molecule is CC(C)(C)OC(=O)Nc1ccc2c(c1)CC(CI)C2. The molecule has 0 aromatic heterocycles. The third kappa shape index (κ3) is 4.09. The van der Waals surface area contributed by atoms with E-state index in [0.717, 1.165) is 24.4 Å². The maximum Gasteiger partial charge on any atom is 0.412 e. The molecule has 1 amide bonds. The molecule has 0 radical (unpaired) electrons. The fourth-order valence-corrected chi connectivity index (χ4v) is 2.94. The van der Waals surface area contributed by atoms with Gasteiger partial charge in [0.05, 0.1) is 0 Å². The Kier molecular flexibility index (Phi) is 4.38. The molecule has 0 saturated heterocycles. The van der Waals surface area contributed by atoms with Crippen molar-refractivity contribution in [3.05, 3.63) is 29.3 Å². The first-order valence-corrected chi connectivity index (χ1v) is 8.08. The Labute approximate surface area is 128 Å². The number of amides is 1. The molecule has 0 fully saturated rings. The Balaban J connectivity index is 2.02. The number of nitrogens with one attached hydrogen (secondary N) is 1. The average molecular weight is 373 g/mol. The van der Waals surface area contributed by atoms with Gasteiger partial charge < -0.3 is 4.74 Å². The van der Waals surface area contributed by atoms with Crippen molar-refractivity contribution in [1.82, 2.24) is 0 Å². The van der Waals surface area contributed by atoms with E-state index in [-0.39, 0.29) is 0 Å². The molecule has 1 aliphatic carbocycles. The minimum Gasteiger partial charge on any atom is -0.444 e. The molecule has 0 bridgehead atoms. The molecule has 1 aliphatic rings. The number of hydrogen-bond acceptors (Lipinski definition) is 2. The van der Waals surface area contributed by atoms with Crippen molar-refractivity contribution >= 4 is 34.4 Å². The summed E-state index contributed by atoms with van der Waals surface area (Å²) < 4.78 is 6.43. The van der Waals surface area contributed by atoms with Gasteiger partial charge in [0, 0.05) is 10.1 Å². The molecule has 1 aromatic rings. The third-order valence-electron chi connectivity index (χ3n) is 3.09. The van der Waals surface area contributed by atoms with Crippen molar-refractivity contribution in [2.75, 3.05) is 9.74 Å². The predicted molar refractivity (Wildman–Crippen MR) is 86.1 cm³/mol. The van der Waals surface area contributed by atoms with Crippen LogP contribution >= 0.6 is 22.6 Å². The van der Waals surface area contributed by atoms with Gasteiger partial charge >= 0.3 is 6.09 Å². The molecule has 2 rings (SSSR count). The molecule has 4 heteroatoms. The summed E-state index contributed by atoms with van der Waals surface area (Å²) in [5.74, 6) is 0.743. The number of hydrogen-bond donors (Lipinski definition) is 1. The van der Waals surface area contributed by atoms with E-state index in [2.05, 4.69) is 40.0 Å². The fourth-order valence-electron chi connectivity index (χ4n) is 2.32. The molecule has 3 nitrogen and oxygen atoms in total. The molecule has 1 unspecified atom stereocenters. The number of ether oxygens (including phenoxy) is 1. The van der Waals surface area contributed by atoms with E-state index in [1.54, 1.807) is 0 Å². The molecule has 1 atom stereocenters. The molecule has 1 aromatic carbocycles. The summed E-state index contributed by atoms with van der Waals surface area (Å²) in [5, 5.41) is 2.80. The third-order valence-corrected chi connectivity index (χ3v) is 4.33. The van der Waals surface area contributed by atoms with E-state index in [9.17, 15) is 4.79 Å². The van der Waals surface area contributed by atoms with E-state index >= 15 is 0 Å². The number of alkyl halides is 1. The van der Waals surface area contributed by atoms with E-state index in [4.69, 9.17) is 4.74 Å². The quantitative estimate of drug-likeness (QED) is 0.624. The second-order valence-electron chi connectivity index (χ2n) is 6.04. The van der Waals surface area contributed by atoms with E-state index in [0.29, 0.717) is 0 Å². The number of anilines is 1. The highest BCUT2D eigenvalue weighted by Crippen LogP contribution is 2.30. The van der Waals surface area contributed by atoms with Gasteiger partial charge in [0.2, 0.25) is 0 Å². The largest absolute Gasteiger partial charge is 0.444 e. The Bertz CT molecular complexity index is 480. The normalized spacial score (nSPS) is 18.0. The lowest BCUT2D eigenvalue weighted by Gasteiger charge is -2.19. The lowest BCUT2D eigenvalue weighted by molar-refractivity contribution is 0.0636. The van der Waals surface area contributed by atoms with Gasteiger partial charge in [-0.25, -0.2) is 4.79 Å². The molecule has 0 heterocycles. The standard InChI is InChI=1S/C15H20INO2/c1-15(2,3)19-14(18)17-13-5-4-11-6-10(9-16)7-12(11)8-13/h4-5,8,10H,6-7,9H2,1-3H3,(H,17,18). The van der Waals surface area contributed by atoms with Crippen LogP contribution in [0.3, 0.4) is 0 Å². The summed E-state index contributed by atoms with van der Waals surface area (Å²) in [7, 11) is 0. The topological polar surface area (TPSA) is 38.3 Å². The Morgan fingerprint density at radius 3 is 2.68 bits per heavy atom. The van der Waals surface area contributed by atoms with Crippen LogP contribution in [0.1, 0.15) is 31.9 Å². The van der Waals surface area contributed by atoms with Crippen molar-refractivity contribution in [2.45, 2.75) is 39.2 Å². The highest BCUT2D eigenvalue weighted by Gasteiger charge is 2.21. The van der Waals surface area contributed by atoms with Gasteiger partial charge in [-0.05, 0) is 62.8 Å². The summed E-state index contributed by atoms with van der Waals surface area (Å²) >= 11 is 2.44. The minimum absolute atomic E-state index is 0.393. The zero-order valence-electron chi connectivity index (χ0n) is 11.6. The van der Waals surface area contributed by atoms with Gasteiger partial charge in [0.15, 0.2) is 0 Å².